The van der Waals surface area contributed by atoms with E-state index >= 15 is 0 Å². The minimum absolute atomic E-state index is 0.101. The molecule has 0 aliphatic rings. The molecule has 1 N–H and O–H groups in total. The van der Waals surface area contributed by atoms with E-state index in [1.807, 2.05) is 97.1 Å². The van der Waals surface area contributed by atoms with Crippen molar-refractivity contribution in [1.29, 1.82) is 0 Å². The summed E-state index contributed by atoms with van der Waals surface area (Å²) in [5.74, 6) is 0.340. The molecule has 0 radical (unpaired) electrons. The molecule has 0 aliphatic heterocycles. The molecule has 4 aromatic carbocycles. The van der Waals surface area contributed by atoms with Gasteiger partial charge in [-0.15, -0.1) is 11.8 Å². The van der Waals surface area contributed by atoms with Crippen LogP contribution in [0, 0.1) is 0 Å². The fourth-order valence-electron chi connectivity index (χ4n) is 3.02. The molecular formula is C25H19NO2S. The van der Waals surface area contributed by atoms with Gasteiger partial charge in [-0.3, -0.25) is 9.59 Å². The maximum Gasteiger partial charge on any atom is 0.255 e. The van der Waals surface area contributed by atoms with Crippen LogP contribution < -0.4 is 5.32 Å². The first kappa shape index (κ1) is 19.0. The Morgan fingerprint density at radius 1 is 0.690 bits per heavy atom. The number of hydrogen-bond donors (Lipinski definition) is 1. The summed E-state index contributed by atoms with van der Waals surface area (Å²) in [6, 6.07) is 30.5. The van der Waals surface area contributed by atoms with Crippen LogP contribution in [0.3, 0.4) is 0 Å². The zero-order valence-corrected chi connectivity index (χ0v) is 16.5. The molecule has 0 spiro atoms. The molecule has 0 unspecified atom stereocenters. The van der Waals surface area contributed by atoms with Crippen LogP contribution in [0.25, 0.3) is 10.8 Å². The molecule has 4 aromatic rings. The van der Waals surface area contributed by atoms with E-state index < -0.39 is 0 Å². The largest absolute Gasteiger partial charge is 0.322 e. The molecule has 0 saturated carbocycles. The maximum absolute atomic E-state index is 12.6. The Kier molecular flexibility index (Phi) is 5.73. The van der Waals surface area contributed by atoms with Gasteiger partial charge in [0.05, 0.1) is 5.75 Å². The van der Waals surface area contributed by atoms with Gasteiger partial charge in [0.15, 0.2) is 5.78 Å². The third-order valence-corrected chi connectivity index (χ3v) is 5.60. The van der Waals surface area contributed by atoms with Crippen molar-refractivity contribution in [3.05, 3.63) is 108 Å². The summed E-state index contributed by atoms with van der Waals surface area (Å²) in [6.45, 7) is 0. The number of nitrogens with one attached hydrogen (secondary N) is 1. The smallest absolute Gasteiger partial charge is 0.255 e. The highest BCUT2D eigenvalue weighted by molar-refractivity contribution is 8.00. The highest BCUT2D eigenvalue weighted by Crippen LogP contribution is 2.22. The van der Waals surface area contributed by atoms with Gasteiger partial charge in [0.1, 0.15) is 0 Å². The SMILES string of the molecule is O=C(CSc1ccc(NC(=O)c2ccc3ccccc3c2)cc1)c1ccccc1. The average molecular weight is 397 g/mol. The fourth-order valence-corrected chi connectivity index (χ4v) is 3.82. The second kappa shape index (κ2) is 8.76. The van der Waals surface area contributed by atoms with Crippen molar-refractivity contribution in [2.45, 2.75) is 4.90 Å². The highest BCUT2D eigenvalue weighted by atomic mass is 32.2. The minimum Gasteiger partial charge on any atom is -0.322 e. The molecule has 3 nitrogen and oxygen atoms in total. The van der Waals surface area contributed by atoms with Gasteiger partial charge >= 0.3 is 0 Å². The van der Waals surface area contributed by atoms with Crippen LogP contribution in [0.1, 0.15) is 20.7 Å². The molecular weight excluding hydrogens is 378 g/mol. The number of Topliss-reactive ketones (excluding diaryl/α,β-unsaturated/α-hetero) is 1. The number of carbonyl (C=O) groups excluding carboxylic acids is 2. The lowest BCUT2D eigenvalue weighted by molar-refractivity contribution is 0.101. The Morgan fingerprint density at radius 3 is 2.14 bits per heavy atom. The quantitative estimate of drug-likeness (QED) is 0.317. The second-order valence-electron chi connectivity index (χ2n) is 6.62. The van der Waals surface area contributed by atoms with Crippen molar-refractivity contribution in [2.75, 3.05) is 11.1 Å². The van der Waals surface area contributed by atoms with Crippen molar-refractivity contribution in [2.24, 2.45) is 0 Å². The Labute approximate surface area is 173 Å². The number of anilines is 1. The zero-order valence-electron chi connectivity index (χ0n) is 15.7. The molecule has 0 bridgehead atoms. The number of hydrogen-bond acceptors (Lipinski definition) is 3. The standard InChI is InChI=1S/C25H19NO2S/c27-24(19-7-2-1-3-8-19)17-29-23-14-12-22(13-15-23)26-25(28)21-11-10-18-6-4-5-9-20(18)16-21/h1-16H,17H2,(H,26,28). The number of rotatable bonds is 6. The Morgan fingerprint density at radius 2 is 1.38 bits per heavy atom. The summed E-state index contributed by atoms with van der Waals surface area (Å²) < 4.78 is 0. The molecule has 4 heteroatoms. The van der Waals surface area contributed by atoms with Crippen LogP contribution >= 0.6 is 11.8 Å². The molecule has 0 fully saturated rings. The number of thioether (sulfide) groups is 1. The molecule has 1 amide bonds. The van der Waals surface area contributed by atoms with Gasteiger partial charge in [-0.25, -0.2) is 0 Å². The predicted octanol–water partition coefficient (Wildman–Crippen LogP) is 6.07. The van der Waals surface area contributed by atoms with Gasteiger partial charge in [0.2, 0.25) is 0 Å². The third kappa shape index (κ3) is 4.73. The van der Waals surface area contributed by atoms with Crippen molar-refractivity contribution >= 4 is 39.9 Å². The first-order valence-electron chi connectivity index (χ1n) is 9.30. The Bertz CT molecular complexity index is 1150. The fraction of sp³-hybridized carbons (Fsp3) is 0.0400. The average Bonchev–Trinajstić information content (AvgIpc) is 2.78. The number of ketones is 1. The van der Waals surface area contributed by atoms with E-state index in [1.54, 1.807) is 0 Å². The van der Waals surface area contributed by atoms with Crippen molar-refractivity contribution in [1.82, 2.24) is 0 Å². The van der Waals surface area contributed by atoms with Crippen LogP contribution in [-0.4, -0.2) is 17.4 Å². The van der Waals surface area contributed by atoms with Gasteiger partial charge in [-0.1, -0.05) is 60.7 Å². The molecule has 0 aromatic heterocycles. The van der Waals surface area contributed by atoms with Crippen molar-refractivity contribution < 1.29 is 9.59 Å². The molecule has 142 valence electrons. The van der Waals surface area contributed by atoms with Crippen LogP contribution in [0.5, 0.6) is 0 Å². The lowest BCUT2D eigenvalue weighted by atomic mass is 10.1. The number of carbonyl (C=O) groups is 2. The van der Waals surface area contributed by atoms with Gasteiger partial charge in [0.25, 0.3) is 5.91 Å². The predicted molar refractivity (Wildman–Crippen MR) is 120 cm³/mol. The van der Waals surface area contributed by atoms with Gasteiger partial charge < -0.3 is 5.32 Å². The van der Waals surface area contributed by atoms with Gasteiger partial charge in [-0.05, 0) is 47.2 Å². The zero-order chi connectivity index (χ0) is 20.1. The maximum atomic E-state index is 12.6. The lowest BCUT2D eigenvalue weighted by Gasteiger charge is -2.08. The summed E-state index contributed by atoms with van der Waals surface area (Å²) in [5.41, 5.74) is 2.07. The van der Waals surface area contributed by atoms with E-state index in [-0.39, 0.29) is 11.7 Å². The van der Waals surface area contributed by atoms with Crippen molar-refractivity contribution in [3.63, 3.8) is 0 Å². The van der Waals surface area contributed by atoms with Crippen LogP contribution in [0.15, 0.2) is 102 Å². The van der Waals surface area contributed by atoms with Crippen LogP contribution in [0.4, 0.5) is 5.69 Å². The Hall–Kier alpha value is -3.37. The number of fused-ring (bicyclic) bond motifs is 1. The minimum atomic E-state index is -0.143. The van der Waals surface area contributed by atoms with E-state index in [9.17, 15) is 9.59 Å². The second-order valence-corrected chi connectivity index (χ2v) is 7.67. The van der Waals surface area contributed by atoms with Crippen molar-refractivity contribution in [3.8, 4) is 0 Å². The normalized spacial score (nSPS) is 10.6. The van der Waals surface area contributed by atoms with E-state index in [0.717, 1.165) is 26.9 Å². The number of amides is 1. The first-order valence-corrected chi connectivity index (χ1v) is 10.3. The molecule has 0 aliphatic carbocycles. The van der Waals surface area contributed by atoms with Crippen LogP contribution in [-0.2, 0) is 0 Å². The summed E-state index contributed by atoms with van der Waals surface area (Å²) in [7, 11) is 0. The Balaban J connectivity index is 1.37. The molecule has 4 rings (SSSR count). The third-order valence-electron chi connectivity index (χ3n) is 4.59. The monoisotopic (exact) mass is 397 g/mol. The molecule has 0 saturated heterocycles. The van der Waals surface area contributed by atoms with E-state index in [1.165, 1.54) is 11.8 Å². The molecule has 0 atom stereocenters. The summed E-state index contributed by atoms with van der Waals surface area (Å²) in [4.78, 5) is 25.7. The highest BCUT2D eigenvalue weighted by Gasteiger charge is 2.08. The molecule has 0 heterocycles. The summed E-state index contributed by atoms with van der Waals surface area (Å²) >= 11 is 1.49. The topological polar surface area (TPSA) is 46.2 Å². The lowest BCUT2D eigenvalue weighted by Crippen LogP contribution is -2.11. The van der Waals surface area contributed by atoms with Crippen LogP contribution in [0.2, 0.25) is 0 Å². The summed E-state index contributed by atoms with van der Waals surface area (Å²) in [5, 5.41) is 5.07. The number of benzene rings is 4. The van der Waals surface area contributed by atoms with Gasteiger partial charge in [-0.2, -0.15) is 0 Å². The van der Waals surface area contributed by atoms with E-state index in [0.29, 0.717) is 11.3 Å². The summed E-state index contributed by atoms with van der Waals surface area (Å²) in [6.07, 6.45) is 0. The van der Waals surface area contributed by atoms with E-state index in [2.05, 4.69) is 5.32 Å². The molecule has 29 heavy (non-hydrogen) atoms. The van der Waals surface area contributed by atoms with E-state index in [4.69, 9.17) is 0 Å². The first-order chi connectivity index (χ1) is 14.2. The van der Waals surface area contributed by atoms with Gasteiger partial charge in [0, 0.05) is 21.7 Å².